The highest BCUT2D eigenvalue weighted by Gasteiger charge is 2.12. The van der Waals surface area contributed by atoms with Crippen LogP contribution in [0.15, 0.2) is 30.3 Å². The number of rotatable bonds is 6. The van der Waals surface area contributed by atoms with Gasteiger partial charge in [0.25, 0.3) is 0 Å². The summed E-state index contributed by atoms with van der Waals surface area (Å²) in [5, 5.41) is 3.56. The molecule has 0 aliphatic rings. The van der Waals surface area contributed by atoms with Crippen LogP contribution in [0.25, 0.3) is 10.4 Å². The summed E-state index contributed by atoms with van der Waals surface area (Å²) in [6.07, 6.45) is 2.21. The molecule has 1 aromatic heterocycles. The van der Waals surface area contributed by atoms with Gasteiger partial charge in [-0.1, -0.05) is 19.9 Å². The van der Waals surface area contributed by atoms with Gasteiger partial charge in [0, 0.05) is 15.8 Å². The van der Waals surface area contributed by atoms with E-state index in [2.05, 4.69) is 31.3 Å². The van der Waals surface area contributed by atoms with Gasteiger partial charge in [-0.3, -0.25) is 0 Å². The maximum Gasteiger partial charge on any atom is 0.124 e. The fourth-order valence-electron chi connectivity index (χ4n) is 2.34. The molecule has 0 fully saturated rings. The van der Waals surface area contributed by atoms with Crippen LogP contribution >= 0.6 is 11.3 Å². The largest absolute Gasteiger partial charge is 0.309 e. The van der Waals surface area contributed by atoms with Crippen molar-refractivity contribution in [3.63, 3.8) is 0 Å². The topological polar surface area (TPSA) is 12.0 Å². The second-order valence-electron chi connectivity index (χ2n) is 5.13. The summed E-state index contributed by atoms with van der Waals surface area (Å²) in [5.74, 6) is -0.161. The third-order valence-electron chi connectivity index (χ3n) is 3.35. The van der Waals surface area contributed by atoms with Gasteiger partial charge >= 0.3 is 0 Å². The van der Waals surface area contributed by atoms with Gasteiger partial charge in [-0.15, -0.1) is 11.3 Å². The van der Waals surface area contributed by atoms with Gasteiger partial charge in [-0.2, -0.15) is 0 Å². The molecule has 1 unspecified atom stereocenters. The number of nitrogens with one attached hydrogen (secondary N) is 1. The standard InChI is InChI=1S/C17H22FNS/c1-4-8-19-15(5-2)17-7-6-16(20-17)13-9-12(3)10-14(18)11-13/h6-7,9-11,15,19H,4-5,8H2,1-3H3. The fourth-order valence-corrected chi connectivity index (χ4v) is 3.49. The van der Waals surface area contributed by atoms with Crippen LogP contribution in [0.3, 0.4) is 0 Å². The molecule has 1 N–H and O–H groups in total. The van der Waals surface area contributed by atoms with E-state index in [1.807, 2.05) is 13.0 Å². The van der Waals surface area contributed by atoms with E-state index in [-0.39, 0.29) is 5.82 Å². The molecule has 2 rings (SSSR count). The van der Waals surface area contributed by atoms with Crippen LogP contribution < -0.4 is 5.32 Å². The highest BCUT2D eigenvalue weighted by molar-refractivity contribution is 7.15. The van der Waals surface area contributed by atoms with Crippen molar-refractivity contribution < 1.29 is 4.39 Å². The van der Waals surface area contributed by atoms with E-state index in [1.165, 1.54) is 4.88 Å². The first-order valence-corrected chi connectivity index (χ1v) is 8.06. The van der Waals surface area contributed by atoms with E-state index in [9.17, 15) is 4.39 Å². The Morgan fingerprint density at radius 3 is 2.65 bits per heavy atom. The zero-order chi connectivity index (χ0) is 14.5. The van der Waals surface area contributed by atoms with Crippen LogP contribution in [0.1, 0.15) is 43.2 Å². The van der Waals surface area contributed by atoms with Crippen molar-refractivity contribution in [2.24, 2.45) is 0 Å². The first-order valence-electron chi connectivity index (χ1n) is 7.24. The molecule has 0 aliphatic carbocycles. The SMILES string of the molecule is CCCNC(CC)c1ccc(-c2cc(C)cc(F)c2)s1. The van der Waals surface area contributed by atoms with Gasteiger partial charge in [0.2, 0.25) is 0 Å². The zero-order valence-electron chi connectivity index (χ0n) is 12.4. The van der Waals surface area contributed by atoms with Crippen LogP contribution in [0, 0.1) is 12.7 Å². The molecule has 2 aromatic rings. The van der Waals surface area contributed by atoms with Crippen molar-refractivity contribution in [3.05, 3.63) is 46.6 Å². The van der Waals surface area contributed by atoms with Crippen molar-refractivity contribution in [2.45, 2.75) is 39.7 Å². The summed E-state index contributed by atoms with van der Waals surface area (Å²) in [6, 6.07) is 9.89. The normalized spacial score (nSPS) is 12.6. The molecular weight excluding hydrogens is 269 g/mol. The Morgan fingerprint density at radius 1 is 1.20 bits per heavy atom. The Balaban J connectivity index is 2.23. The smallest absolute Gasteiger partial charge is 0.124 e. The Bertz CT molecular complexity index is 542. The molecule has 0 aliphatic heterocycles. The van der Waals surface area contributed by atoms with Gasteiger partial charge in [0.1, 0.15) is 5.82 Å². The number of thiophene rings is 1. The van der Waals surface area contributed by atoms with Gasteiger partial charge in [0.15, 0.2) is 0 Å². The van der Waals surface area contributed by atoms with Crippen LogP contribution in [-0.4, -0.2) is 6.54 Å². The van der Waals surface area contributed by atoms with Gasteiger partial charge in [-0.25, -0.2) is 4.39 Å². The lowest BCUT2D eigenvalue weighted by Gasteiger charge is -2.14. The maximum absolute atomic E-state index is 13.5. The van der Waals surface area contributed by atoms with Crippen molar-refractivity contribution in [3.8, 4) is 10.4 Å². The van der Waals surface area contributed by atoms with E-state index >= 15 is 0 Å². The molecule has 108 valence electrons. The van der Waals surface area contributed by atoms with E-state index in [0.29, 0.717) is 6.04 Å². The molecule has 0 saturated heterocycles. The molecule has 1 heterocycles. The number of hydrogen-bond acceptors (Lipinski definition) is 2. The number of hydrogen-bond donors (Lipinski definition) is 1. The minimum absolute atomic E-state index is 0.161. The van der Waals surface area contributed by atoms with E-state index in [4.69, 9.17) is 0 Å². The molecule has 0 amide bonds. The lowest BCUT2D eigenvalue weighted by Crippen LogP contribution is -2.20. The minimum Gasteiger partial charge on any atom is -0.309 e. The number of aryl methyl sites for hydroxylation is 1. The minimum atomic E-state index is -0.161. The van der Waals surface area contributed by atoms with E-state index < -0.39 is 0 Å². The maximum atomic E-state index is 13.5. The first-order chi connectivity index (χ1) is 9.63. The molecular formula is C17H22FNS. The third-order valence-corrected chi connectivity index (χ3v) is 4.59. The highest BCUT2D eigenvalue weighted by Crippen LogP contribution is 2.33. The molecule has 1 nitrogen and oxygen atoms in total. The number of halogens is 1. The molecule has 3 heteroatoms. The van der Waals surface area contributed by atoms with Crippen molar-refractivity contribution >= 4 is 11.3 Å². The van der Waals surface area contributed by atoms with Crippen molar-refractivity contribution in [1.29, 1.82) is 0 Å². The summed E-state index contributed by atoms with van der Waals surface area (Å²) in [6.45, 7) is 7.33. The quantitative estimate of drug-likeness (QED) is 0.760. The average Bonchev–Trinajstić information content (AvgIpc) is 2.88. The summed E-state index contributed by atoms with van der Waals surface area (Å²) < 4.78 is 13.5. The average molecular weight is 291 g/mol. The predicted molar refractivity (Wildman–Crippen MR) is 85.8 cm³/mol. The van der Waals surface area contributed by atoms with Crippen LogP contribution in [0.5, 0.6) is 0 Å². The Labute approximate surface area is 124 Å². The van der Waals surface area contributed by atoms with E-state index in [0.717, 1.165) is 35.4 Å². The second kappa shape index (κ2) is 7.00. The first kappa shape index (κ1) is 15.2. The van der Waals surface area contributed by atoms with Crippen LogP contribution in [0.4, 0.5) is 4.39 Å². The van der Waals surface area contributed by atoms with Gasteiger partial charge < -0.3 is 5.32 Å². The second-order valence-corrected chi connectivity index (χ2v) is 6.25. The van der Waals surface area contributed by atoms with Gasteiger partial charge in [0.05, 0.1) is 0 Å². The summed E-state index contributed by atoms with van der Waals surface area (Å²) in [7, 11) is 0. The lowest BCUT2D eigenvalue weighted by atomic mass is 10.1. The molecule has 1 atom stereocenters. The molecule has 0 saturated carbocycles. The monoisotopic (exact) mass is 291 g/mol. The summed E-state index contributed by atoms with van der Waals surface area (Å²) in [5.41, 5.74) is 1.94. The molecule has 20 heavy (non-hydrogen) atoms. The van der Waals surface area contributed by atoms with Crippen LogP contribution in [-0.2, 0) is 0 Å². The predicted octanol–water partition coefficient (Wildman–Crippen LogP) is 5.31. The van der Waals surface area contributed by atoms with Crippen molar-refractivity contribution in [1.82, 2.24) is 5.32 Å². The Morgan fingerprint density at radius 2 is 2.00 bits per heavy atom. The molecule has 0 radical (unpaired) electrons. The summed E-state index contributed by atoms with van der Waals surface area (Å²) >= 11 is 1.76. The van der Waals surface area contributed by atoms with Gasteiger partial charge in [-0.05, 0) is 61.7 Å². The molecule has 0 spiro atoms. The van der Waals surface area contributed by atoms with Crippen molar-refractivity contribution in [2.75, 3.05) is 6.54 Å². The Hall–Kier alpha value is -1.19. The van der Waals surface area contributed by atoms with E-state index in [1.54, 1.807) is 23.5 Å². The Kier molecular flexibility index (Phi) is 5.32. The molecule has 1 aromatic carbocycles. The summed E-state index contributed by atoms with van der Waals surface area (Å²) in [4.78, 5) is 2.47. The lowest BCUT2D eigenvalue weighted by molar-refractivity contribution is 0.525. The highest BCUT2D eigenvalue weighted by atomic mass is 32.1. The zero-order valence-corrected chi connectivity index (χ0v) is 13.2. The number of benzene rings is 1. The fraction of sp³-hybridized carbons (Fsp3) is 0.412. The van der Waals surface area contributed by atoms with Crippen LogP contribution in [0.2, 0.25) is 0 Å². The molecule has 0 bridgehead atoms. The third kappa shape index (κ3) is 3.68.